The lowest BCUT2D eigenvalue weighted by Crippen LogP contribution is -2.62. The Morgan fingerprint density at radius 2 is 1.97 bits per heavy atom. The van der Waals surface area contributed by atoms with Crippen LogP contribution >= 0.6 is 0 Å². The maximum Gasteiger partial charge on any atom is 0.328 e. The molecule has 2 rings (SSSR count). The zero-order valence-electron chi connectivity index (χ0n) is 16.9. The van der Waals surface area contributed by atoms with Crippen LogP contribution in [0, 0.1) is 0 Å². The van der Waals surface area contributed by atoms with E-state index >= 15 is 0 Å². The summed E-state index contributed by atoms with van der Waals surface area (Å²) in [6.45, 7) is 1.97. The third-order valence-corrected chi connectivity index (χ3v) is 4.64. The van der Waals surface area contributed by atoms with Crippen LogP contribution in [0.4, 0.5) is 0 Å². The summed E-state index contributed by atoms with van der Waals surface area (Å²) in [7, 11) is 1.22. The molecule has 168 valence electrons. The van der Waals surface area contributed by atoms with Crippen molar-refractivity contribution < 1.29 is 39.2 Å². The summed E-state index contributed by atoms with van der Waals surface area (Å²) in [6, 6.07) is -1.90. The molecule has 1 aliphatic rings. The summed E-state index contributed by atoms with van der Waals surface area (Å²) in [5, 5.41) is 42.8. The Morgan fingerprint density at radius 1 is 1.27 bits per heavy atom. The van der Waals surface area contributed by atoms with Gasteiger partial charge in [-0.25, -0.2) is 9.48 Å². The minimum absolute atomic E-state index is 0.201. The number of aliphatic hydroxyl groups excluding tert-OH is 3. The summed E-state index contributed by atoms with van der Waals surface area (Å²) in [5.74, 6) is -1.44. The fourth-order valence-corrected chi connectivity index (χ4v) is 3.20. The second kappa shape index (κ2) is 10.4. The first kappa shape index (κ1) is 23.7. The smallest absolute Gasteiger partial charge is 0.328 e. The van der Waals surface area contributed by atoms with Crippen LogP contribution in [0.25, 0.3) is 0 Å². The topological polar surface area (TPSA) is 185 Å². The number of aliphatic hydroxyl groups is 3. The molecule has 13 heteroatoms. The quantitative estimate of drug-likeness (QED) is 0.267. The van der Waals surface area contributed by atoms with Crippen molar-refractivity contribution in [3.63, 3.8) is 0 Å². The van der Waals surface area contributed by atoms with E-state index in [1.807, 2.05) is 0 Å². The van der Waals surface area contributed by atoms with Gasteiger partial charge in [-0.05, 0) is 12.8 Å². The summed E-state index contributed by atoms with van der Waals surface area (Å²) >= 11 is 0. The SMILES string of the molecule is COC(=O)[C@H](CCc1cn([C@@H]2OC(CO)[C@@H](O)C(O)C2NC(C)=O)nn1)NC(C)=O. The van der Waals surface area contributed by atoms with Crippen molar-refractivity contribution in [3.05, 3.63) is 11.9 Å². The minimum Gasteiger partial charge on any atom is -0.467 e. The highest BCUT2D eigenvalue weighted by Crippen LogP contribution is 2.28. The average molecular weight is 429 g/mol. The maximum atomic E-state index is 11.8. The van der Waals surface area contributed by atoms with Gasteiger partial charge in [-0.15, -0.1) is 5.10 Å². The van der Waals surface area contributed by atoms with Crippen molar-refractivity contribution in [1.82, 2.24) is 25.6 Å². The van der Waals surface area contributed by atoms with Gasteiger partial charge in [0.2, 0.25) is 11.8 Å². The van der Waals surface area contributed by atoms with Crippen molar-refractivity contribution in [2.24, 2.45) is 0 Å². The van der Waals surface area contributed by atoms with Crippen LogP contribution in [0.2, 0.25) is 0 Å². The third kappa shape index (κ3) is 5.72. The van der Waals surface area contributed by atoms with E-state index in [-0.39, 0.29) is 18.7 Å². The Bertz CT molecular complexity index is 756. The van der Waals surface area contributed by atoms with Gasteiger partial charge in [-0.2, -0.15) is 0 Å². The number of amides is 2. The number of methoxy groups -OCH3 is 1. The molecule has 2 amide bonds. The number of aryl methyl sites for hydroxylation is 1. The van der Waals surface area contributed by atoms with Gasteiger partial charge >= 0.3 is 5.97 Å². The Hall–Kier alpha value is -2.61. The fraction of sp³-hybridized carbons (Fsp3) is 0.706. The molecule has 1 aromatic heterocycles. The van der Waals surface area contributed by atoms with Gasteiger partial charge < -0.3 is 35.4 Å². The Balaban J connectivity index is 2.15. The first-order valence-corrected chi connectivity index (χ1v) is 9.33. The number of nitrogens with zero attached hydrogens (tertiary/aromatic N) is 3. The van der Waals surface area contributed by atoms with E-state index in [1.54, 1.807) is 0 Å². The molecule has 30 heavy (non-hydrogen) atoms. The van der Waals surface area contributed by atoms with Crippen molar-refractivity contribution in [3.8, 4) is 0 Å². The summed E-state index contributed by atoms with van der Waals surface area (Å²) in [4.78, 5) is 34.6. The molecule has 0 aromatic carbocycles. The monoisotopic (exact) mass is 429 g/mol. The first-order chi connectivity index (χ1) is 14.2. The van der Waals surface area contributed by atoms with Gasteiger partial charge in [-0.1, -0.05) is 5.21 Å². The molecule has 0 aliphatic carbocycles. The van der Waals surface area contributed by atoms with Crippen LogP contribution in [-0.4, -0.2) is 92.2 Å². The molecule has 6 atom stereocenters. The molecule has 1 aliphatic heterocycles. The molecule has 1 fully saturated rings. The van der Waals surface area contributed by atoms with Crippen LogP contribution in [0.1, 0.15) is 32.2 Å². The Labute approximate surface area is 172 Å². The molecule has 1 aromatic rings. The van der Waals surface area contributed by atoms with E-state index in [9.17, 15) is 29.7 Å². The lowest BCUT2D eigenvalue weighted by Gasteiger charge is -2.42. The van der Waals surface area contributed by atoms with Crippen LogP contribution in [0.15, 0.2) is 6.20 Å². The number of carbonyl (C=O) groups is 3. The molecule has 2 heterocycles. The molecule has 3 unspecified atom stereocenters. The number of nitrogens with one attached hydrogen (secondary N) is 2. The molecular weight excluding hydrogens is 402 g/mol. The highest BCUT2D eigenvalue weighted by Gasteiger charge is 2.46. The Morgan fingerprint density at radius 3 is 2.53 bits per heavy atom. The fourth-order valence-electron chi connectivity index (χ4n) is 3.20. The molecule has 13 nitrogen and oxygen atoms in total. The van der Waals surface area contributed by atoms with E-state index < -0.39 is 55.1 Å². The molecule has 0 saturated carbocycles. The predicted molar refractivity (Wildman–Crippen MR) is 98.6 cm³/mol. The largest absolute Gasteiger partial charge is 0.467 e. The molecule has 1 saturated heterocycles. The normalized spacial score (nSPS) is 27.2. The van der Waals surface area contributed by atoms with E-state index in [4.69, 9.17) is 4.74 Å². The second-order valence-corrected chi connectivity index (χ2v) is 6.96. The molecule has 0 bridgehead atoms. The van der Waals surface area contributed by atoms with Gasteiger partial charge in [0.05, 0.1) is 25.6 Å². The van der Waals surface area contributed by atoms with E-state index in [2.05, 4.69) is 25.7 Å². The predicted octanol–water partition coefficient (Wildman–Crippen LogP) is -3.00. The minimum atomic E-state index is -1.42. The van der Waals surface area contributed by atoms with Gasteiger partial charge in [-0.3, -0.25) is 9.59 Å². The van der Waals surface area contributed by atoms with Crippen molar-refractivity contribution in [2.75, 3.05) is 13.7 Å². The van der Waals surface area contributed by atoms with Crippen molar-refractivity contribution >= 4 is 17.8 Å². The summed E-state index contributed by atoms with van der Waals surface area (Å²) in [6.07, 6.45) is -3.02. The van der Waals surface area contributed by atoms with Gasteiger partial charge in [0.1, 0.15) is 30.4 Å². The van der Waals surface area contributed by atoms with Crippen LogP contribution in [0.3, 0.4) is 0 Å². The number of rotatable bonds is 8. The number of aromatic nitrogens is 3. The second-order valence-electron chi connectivity index (χ2n) is 6.96. The first-order valence-electron chi connectivity index (χ1n) is 9.33. The number of hydrogen-bond donors (Lipinski definition) is 5. The van der Waals surface area contributed by atoms with Gasteiger partial charge in [0, 0.05) is 13.8 Å². The summed E-state index contributed by atoms with van der Waals surface area (Å²) in [5.41, 5.74) is 0.445. The van der Waals surface area contributed by atoms with Crippen LogP contribution < -0.4 is 10.6 Å². The summed E-state index contributed by atoms with van der Waals surface area (Å²) < 4.78 is 11.5. The molecule has 5 N–H and O–H groups in total. The van der Waals surface area contributed by atoms with Gasteiger partial charge in [0.25, 0.3) is 0 Å². The van der Waals surface area contributed by atoms with E-state index in [0.717, 1.165) is 0 Å². The van der Waals surface area contributed by atoms with Crippen LogP contribution in [-0.2, 0) is 30.3 Å². The number of ether oxygens (including phenoxy) is 2. The van der Waals surface area contributed by atoms with Gasteiger partial charge in [0.15, 0.2) is 6.23 Å². The lowest BCUT2D eigenvalue weighted by molar-refractivity contribution is -0.219. The highest BCUT2D eigenvalue weighted by atomic mass is 16.5. The molecule has 0 spiro atoms. The molecule has 0 radical (unpaired) electrons. The number of hydrogen-bond acceptors (Lipinski definition) is 10. The van der Waals surface area contributed by atoms with Crippen LogP contribution in [0.5, 0.6) is 0 Å². The number of esters is 1. The average Bonchev–Trinajstić information content (AvgIpc) is 3.16. The van der Waals surface area contributed by atoms with Crippen molar-refractivity contribution in [2.45, 2.75) is 63.3 Å². The zero-order valence-corrected chi connectivity index (χ0v) is 16.9. The standard InChI is InChI=1S/C17H27N5O8/c1-8(24)18-11(17(28)29-3)5-4-10-6-22(21-20-10)16-13(19-9(2)25)15(27)14(26)12(7-23)30-16/h6,11-16,23,26-27H,4-5,7H2,1-3H3,(H,18,24)(H,19,25)/t11-,12?,13?,14+,15?,16+/m0/s1. The van der Waals surface area contributed by atoms with E-state index in [0.29, 0.717) is 5.69 Å². The zero-order chi connectivity index (χ0) is 22.4. The van der Waals surface area contributed by atoms with E-state index in [1.165, 1.54) is 31.8 Å². The lowest BCUT2D eigenvalue weighted by atomic mass is 9.96. The Kier molecular flexibility index (Phi) is 8.23. The molecular formula is C17H27N5O8. The maximum absolute atomic E-state index is 11.8. The van der Waals surface area contributed by atoms with Crippen molar-refractivity contribution in [1.29, 1.82) is 0 Å². The number of carbonyl (C=O) groups excluding carboxylic acids is 3. The third-order valence-electron chi connectivity index (χ3n) is 4.64. The highest BCUT2D eigenvalue weighted by molar-refractivity contribution is 5.83.